The average molecular weight is 298 g/mol. The fourth-order valence-corrected chi connectivity index (χ4v) is 6.22. The smallest absolute Gasteiger partial charge is 0.183 e. The van der Waals surface area contributed by atoms with Gasteiger partial charge in [-0.05, 0) is 38.0 Å². The van der Waals surface area contributed by atoms with Crippen LogP contribution in [0.1, 0.15) is 36.7 Å². The summed E-state index contributed by atoms with van der Waals surface area (Å²) in [6, 6.07) is 4.01. The van der Waals surface area contributed by atoms with Gasteiger partial charge in [0, 0.05) is 0 Å². The zero-order chi connectivity index (χ0) is 15.1. The van der Waals surface area contributed by atoms with Crippen LogP contribution in [0.4, 0.5) is 5.69 Å². The van der Waals surface area contributed by atoms with Gasteiger partial charge >= 0.3 is 0 Å². The van der Waals surface area contributed by atoms with E-state index in [1.165, 1.54) is 5.29 Å². The molecule has 0 radical (unpaired) electrons. The van der Waals surface area contributed by atoms with Gasteiger partial charge in [-0.3, -0.25) is 4.79 Å². The lowest BCUT2D eigenvalue weighted by atomic mass is 9.90. The molecule has 3 heteroatoms. The van der Waals surface area contributed by atoms with Crippen molar-refractivity contribution in [3.05, 3.63) is 47.6 Å². The first kappa shape index (κ1) is 14.3. The molecule has 0 spiro atoms. The van der Waals surface area contributed by atoms with Gasteiger partial charge in [-0.15, -0.1) is 0 Å². The van der Waals surface area contributed by atoms with Crippen LogP contribution in [0.5, 0.6) is 0 Å². The Morgan fingerprint density at radius 2 is 2.05 bits per heavy atom. The summed E-state index contributed by atoms with van der Waals surface area (Å²) in [6.45, 7) is 6.58. The maximum atomic E-state index is 12.8. The monoisotopic (exact) mass is 298 g/mol. The molecule has 2 unspecified atom stereocenters. The van der Waals surface area contributed by atoms with Crippen molar-refractivity contribution in [2.24, 2.45) is 5.92 Å². The van der Waals surface area contributed by atoms with Crippen LogP contribution in [0.25, 0.3) is 0 Å². The number of aryl methyl sites for hydroxylation is 1. The van der Waals surface area contributed by atoms with Gasteiger partial charge in [0.2, 0.25) is 0 Å². The van der Waals surface area contributed by atoms with E-state index in [0.29, 0.717) is 5.66 Å². The Balaban J connectivity index is 2.36. The molecule has 1 heterocycles. The molecule has 0 bridgehead atoms. The number of nitrogens with two attached hydrogens (primary N) is 1. The summed E-state index contributed by atoms with van der Waals surface area (Å²) in [7, 11) is -0.541. The van der Waals surface area contributed by atoms with Crippen LogP contribution in [0.3, 0.4) is 0 Å². The average Bonchev–Trinajstić information content (AvgIpc) is 2.48. The van der Waals surface area contributed by atoms with Gasteiger partial charge in [0.1, 0.15) is 24.4 Å². The lowest BCUT2D eigenvalue weighted by Crippen LogP contribution is -2.34. The number of ketones is 1. The highest BCUT2D eigenvalue weighted by molar-refractivity contribution is 7.68. The molecule has 2 nitrogen and oxygen atoms in total. The summed E-state index contributed by atoms with van der Waals surface area (Å²) >= 11 is 0. The van der Waals surface area contributed by atoms with E-state index < -0.39 is 7.55 Å². The van der Waals surface area contributed by atoms with Crippen LogP contribution in [0.2, 0.25) is 0 Å². The lowest BCUT2D eigenvalue weighted by Gasteiger charge is -2.23. The maximum Gasteiger partial charge on any atom is 0.183 e. The summed E-state index contributed by atoms with van der Waals surface area (Å²) in [5.74, 6) is 0.122. The summed E-state index contributed by atoms with van der Waals surface area (Å²) < 4.78 is 0. The summed E-state index contributed by atoms with van der Waals surface area (Å²) in [4.78, 5) is 12.8. The second-order valence-corrected chi connectivity index (χ2v) is 8.60. The Hall–Kier alpha value is -1.66. The molecule has 2 atom stereocenters. The highest BCUT2D eigenvalue weighted by Crippen LogP contribution is 2.43. The quantitative estimate of drug-likeness (QED) is 0.671. The molecule has 0 aromatic heterocycles. The fourth-order valence-electron chi connectivity index (χ4n) is 3.25. The third-order valence-corrected chi connectivity index (χ3v) is 7.25. The molecule has 2 aliphatic rings. The van der Waals surface area contributed by atoms with Crippen molar-refractivity contribution in [3.63, 3.8) is 0 Å². The van der Waals surface area contributed by atoms with E-state index in [0.717, 1.165) is 28.5 Å². The topological polar surface area (TPSA) is 43.1 Å². The molecule has 2 N–H and O–H groups in total. The van der Waals surface area contributed by atoms with E-state index in [-0.39, 0.29) is 11.7 Å². The minimum atomic E-state index is -0.541. The minimum Gasteiger partial charge on any atom is -0.395 e. The summed E-state index contributed by atoms with van der Waals surface area (Å²) in [6.07, 6.45) is 9.09. The number of Topliss-reactive ketones (excluding diaryl/α,β-unsaturated/α-hetero) is 1. The predicted octanol–water partition coefficient (Wildman–Crippen LogP) is 3.46. The number of benzene rings is 1. The van der Waals surface area contributed by atoms with E-state index in [9.17, 15) is 4.79 Å². The van der Waals surface area contributed by atoms with E-state index in [2.05, 4.69) is 26.8 Å². The van der Waals surface area contributed by atoms with Crippen LogP contribution < -0.4 is 11.0 Å². The fraction of sp³-hybridized carbons (Fsp3) is 0.333. The van der Waals surface area contributed by atoms with Crippen LogP contribution >= 0.6 is 7.55 Å². The van der Waals surface area contributed by atoms with E-state index >= 15 is 0 Å². The Kier molecular flexibility index (Phi) is 3.59. The van der Waals surface area contributed by atoms with Crippen molar-refractivity contribution in [1.29, 1.82) is 0 Å². The molecule has 0 fully saturated rings. The van der Waals surface area contributed by atoms with Crippen molar-refractivity contribution in [3.8, 4) is 0 Å². The van der Waals surface area contributed by atoms with E-state index in [1.807, 2.05) is 30.4 Å². The minimum absolute atomic E-state index is 0.0807. The number of carbonyl (C=O) groups is 1. The third kappa shape index (κ3) is 2.10. The Bertz CT molecular complexity index is 710. The zero-order valence-electron chi connectivity index (χ0n) is 12.8. The molecular weight excluding hydrogens is 277 g/mol. The number of hydrogen-bond acceptors (Lipinski definition) is 2. The van der Waals surface area contributed by atoms with Gasteiger partial charge in [0.15, 0.2) is 11.1 Å². The normalized spacial score (nSPS) is 21.7. The second-order valence-electron chi connectivity index (χ2n) is 5.86. The van der Waals surface area contributed by atoms with Gasteiger partial charge < -0.3 is 5.73 Å². The van der Waals surface area contributed by atoms with E-state index in [1.54, 1.807) is 0 Å². The molecule has 21 heavy (non-hydrogen) atoms. The first-order valence-corrected chi connectivity index (χ1v) is 8.93. The number of nitrogen functional groups attached to an aromatic ring is 1. The lowest BCUT2D eigenvalue weighted by molar-refractivity contribution is 0.0974. The van der Waals surface area contributed by atoms with Gasteiger partial charge in [0.25, 0.3) is 0 Å². The highest BCUT2D eigenvalue weighted by Gasteiger charge is 2.43. The standard InChI is InChI=1S/C18H21NOP/c1-4-12-9-10-14-17(20)13-7-5-6-8-15(13)21(11(2)3)18(14)16(12)19/h5-11,13H,4,19H2,1-3H3/q+1. The van der Waals surface area contributed by atoms with Crippen LogP contribution in [0, 0.1) is 5.92 Å². The molecule has 1 aromatic carbocycles. The van der Waals surface area contributed by atoms with Gasteiger partial charge in [-0.25, -0.2) is 0 Å². The van der Waals surface area contributed by atoms with Crippen LogP contribution in [-0.4, -0.2) is 16.7 Å². The number of allylic oxidation sites excluding steroid dienone is 4. The molecule has 3 rings (SSSR count). The number of carbonyl (C=O) groups excluding carboxylic acids is 1. The number of rotatable bonds is 2. The van der Waals surface area contributed by atoms with E-state index in [4.69, 9.17) is 5.73 Å². The molecule has 0 amide bonds. The Labute approximate surface area is 127 Å². The van der Waals surface area contributed by atoms with Crippen LogP contribution in [0.15, 0.2) is 36.4 Å². The van der Waals surface area contributed by atoms with Crippen molar-refractivity contribution in [1.82, 2.24) is 0 Å². The number of anilines is 1. The molecule has 0 saturated heterocycles. The number of hydrogen-bond donors (Lipinski definition) is 1. The molecule has 1 aromatic rings. The predicted molar refractivity (Wildman–Crippen MR) is 93.0 cm³/mol. The third-order valence-electron chi connectivity index (χ3n) is 4.27. The molecular formula is C18H21NOP+. The van der Waals surface area contributed by atoms with Crippen molar-refractivity contribution >= 4 is 29.6 Å². The first-order valence-electron chi connectivity index (χ1n) is 7.52. The summed E-state index contributed by atoms with van der Waals surface area (Å²) in [5, 5.41) is 2.38. The van der Waals surface area contributed by atoms with Gasteiger partial charge in [-0.2, -0.15) is 0 Å². The van der Waals surface area contributed by atoms with Gasteiger partial charge in [0.05, 0.1) is 11.3 Å². The second kappa shape index (κ2) is 5.27. The van der Waals surface area contributed by atoms with Crippen molar-refractivity contribution < 1.29 is 4.79 Å². The molecule has 0 saturated carbocycles. The zero-order valence-corrected chi connectivity index (χ0v) is 13.7. The highest BCUT2D eigenvalue weighted by atomic mass is 31.1. The molecule has 108 valence electrons. The molecule has 1 aliphatic heterocycles. The van der Waals surface area contributed by atoms with Crippen molar-refractivity contribution in [2.75, 3.05) is 5.73 Å². The largest absolute Gasteiger partial charge is 0.395 e. The summed E-state index contributed by atoms with van der Waals surface area (Å²) in [5.41, 5.74) is 9.76. The number of fused-ring (bicyclic) bond motifs is 2. The van der Waals surface area contributed by atoms with Gasteiger partial charge in [-0.1, -0.05) is 31.2 Å². The maximum absolute atomic E-state index is 12.8. The Morgan fingerprint density at radius 3 is 2.71 bits per heavy atom. The Morgan fingerprint density at radius 1 is 1.29 bits per heavy atom. The SMILES string of the molecule is CCc1ccc2c(c1N)[P+](C(C)C)=C1C=CC=CC1C2=O. The van der Waals surface area contributed by atoms with Crippen molar-refractivity contribution in [2.45, 2.75) is 32.9 Å². The van der Waals surface area contributed by atoms with Crippen LogP contribution in [-0.2, 0) is 6.42 Å². The first-order chi connectivity index (χ1) is 10.1. The molecule has 1 aliphatic carbocycles.